The van der Waals surface area contributed by atoms with E-state index in [0.29, 0.717) is 24.7 Å². The third kappa shape index (κ3) is 3.11. The summed E-state index contributed by atoms with van der Waals surface area (Å²) in [6, 6.07) is 0. The van der Waals surface area contributed by atoms with Crippen molar-refractivity contribution in [1.29, 1.82) is 0 Å². The van der Waals surface area contributed by atoms with Crippen LogP contribution in [0.1, 0.15) is 13.8 Å². The molecular weight excluding hydrogens is 256 g/mol. The minimum atomic E-state index is -0.237. The van der Waals surface area contributed by atoms with E-state index in [9.17, 15) is 4.79 Å². The number of rotatable bonds is 5. The molecule has 0 amide bonds. The molecule has 108 valence electrons. The first kappa shape index (κ1) is 15.6. The molecule has 0 saturated heterocycles. The number of aromatic nitrogens is 2. The number of nitrogens with zero attached hydrogens (tertiary/aromatic N) is 4. The molecule has 0 aliphatic carbocycles. The molecule has 7 nitrogen and oxygen atoms in total. The van der Waals surface area contributed by atoms with Gasteiger partial charge in [-0.25, -0.2) is 4.68 Å². The highest BCUT2D eigenvalue weighted by molar-refractivity contribution is 5.88. The molecule has 20 heavy (non-hydrogen) atoms. The van der Waals surface area contributed by atoms with Crippen LogP contribution in [0.2, 0.25) is 0 Å². The number of nitrogen functional groups attached to an aromatic ring is 1. The van der Waals surface area contributed by atoms with Gasteiger partial charge in [0.05, 0.1) is 12.2 Å². The van der Waals surface area contributed by atoms with Crippen LogP contribution in [0, 0.1) is 0 Å². The summed E-state index contributed by atoms with van der Waals surface area (Å²) in [7, 11) is 1.71. The monoisotopic (exact) mass is 277 g/mol. The molecule has 0 unspecified atom stereocenters. The van der Waals surface area contributed by atoms with E-state index >= 15 is 0 Å². The van der Waals surface area contributed by atoms with Gasteiger partial charge in [0.1, 0.15) is 0 Å². The maximum Gasteiger partial charge on any atom is 0.343 e. The Kier molecular flexibility index (Phi) is 5.64. The predicted octanol–water partition coefficient (Wildman–Crippen LogP) is 0.207. The lowest BCUT2D eigenvalue weighted by molar-refractivity contribution is -0.419. The fourth-order valence-electron chi connectivity index (χ4n) is 1.77. The van der Waals surface area contributed by atoms with E-state index < -0.39 is 0 Å². The summed E-state index contributed by atoms with van der Waals surface area (Å²) in [5.74, 6) is 0.835. The zero-order valence-electron chi connectivity index (χ0n) is 12.1. The second kappa shape index (κ2) is 7.22. The quantitative estimate of drug-likeness (QED) is 0.348. The number of hydrogen-bond acceptors (Lipinski definition) is 3. The second-order valence-electron chi connectivity index (χ2n) is 3.90. The number of allylic oxidation sites excluding steroid dienone is 2. The predicted molar refractivity (Wildman–Crippen MR) is 80.2 cm³/mol. The van der Waals surface area contributed by atoms with Crippen molar-refractivity contribution in [2.24, 2.45) is 10.2 Å². The molecule has 3 N–H and O–H groups in total. The van der Waals surface area contributed by atoms with Gasteiger partial charge in [0.25, 0.3) is 5.56 Å². The van der Waals surface area contributed by atoms with Gasteiger partial charge in [-0.1, -0.05) is 18.7 Å². The highest BCUT2D eigenvalue weighted by Crippen LogP contribution is 2.18. The molecule has 0 fully saturated rings. The van der Waals surface area contributed by atoms with Gasteiger partial charge in [-0.05, 0) is 19.0 Å². The summed E-state index contributed by atoms with van der Waals surface area (Å²) in [4.78, 5) is 15.0. The molecule has 1 aromatic rings. The minimum Gasteiger partial charge on any atom is -0.382 e. The molecule has 1 rings (SSSR count). The van der Waals surface area contributed by atoms with Crippen molar-refractivity contribution in [2.45, 2.75) is 26.9 Å². The topological polar surface area (TPSA) is 91.6 Å². The zero-order valence-corrected chi connectivity index (χ0v) is 12.1. The Morgan fingerprint density at radius 1 is 1.40 bits per heavy atom. The number of azo groups is 1. The van der Waals surface area contributed by atoms with Gasteiger partial charge >= 0.3 is 5.84 Å². The third-order valence-corrected chi connectivity index (χ3v) is 2.75. The van der Waals surface area contributed by atoms with E-state index in [4.69, 9.17) is 5.73 Å². The van der Waals surface area contributed by atoms with Gasteiger partial charge in [0.2, 0.25) is 5.69 Å². The second-order valence-corrected chi connectivity index (χ2v) is 3.90. The zero-order chi connectivity index (χ0) is 15.1. The summed E-state index contributed by atoms with van der Waals surface area (Å²) >= 11 is 0. The van der Waals surface area contributed by atoms with E-state index in [1.165, 1.54) is 0 Å². The van der Waals surface area contributed by atoms with Crippen molar-refractivity contribution < 1.29 is 4.99 Å². The van der Waals surface area contributed by atoms with Crippen LogP contribution < -0.4 is 16.3 Å². The van der Waals surface area contributed by atoms with E-state index in [2.05, 4.69) is 21.8 Å². The van der Waals surface area contributed by atoms with Crippen LogP contribution in [0.4, 0.5) is 11.5 Å². The van der Waals surface area contributed by atoms with Crippen LogP contribution in [-0.2, 0) is 13.1 Å². The largest absolute Gasteiger partial charge is 0.382 e. The molecule has 7 heteroatoms. The van der Waals surface area contributed by atoms with E-state index in [-0.39, 0.29) is 11.2 Å². The molecule has 0 aliphatic rings. The van der Waals surface area contributed by atoms with Gasteiger partial charge in [0.15, 0.2) is 5.82 Å². The van der Waals surface area contributed by atoms with E-state index in [1.54, 1.807) is 34.6 Å². The highest BCUT2D eigenvalue weighted by atomic mass is 16.1. The SMILES string of the molecule is C=C/C=C\C(N=Nc1c(N)n(CC)n(CC)c1=O)=[NH+]C. The Balaban J connectivity index is 3.22. The Hall–Kier alpha value is -2.44. The van der Waals surface area contributed by atoms with Crippen LogP contribution in [0.5, 0.6) is 0 Å². The van der Waals surface area contributed by atoms with E-state index in [0.717, 1.165) is 0 Å². The standard InChI is InChI=1S/C13H20N6O/c1-5-8-9-10(15-4)16-17-11-12(14)18(6-2)19(7-3)13(11)20/h5,8-9H,1,6-7,14H2,2-4H3/p+1/b9-8-,15-10?,17-16?. The Labute approximate surface area is 117 Å². The molecule has 0 aliphatic heterocycles. The van der Waals surface area contributed by atoms with Crippen molar-refractivity contribution in [3.63, 3.8) is 0 Å². The van der Waals surface area contributed by atoms with Crippen molar-refractivity contribution in [2.75, 3.05) is 12.8 Å². The third-order valence-electron chi connectivity index (χ3n) is 2.75. The Morgan fingerprint density at radius 3 is 2.50 bits per heavy atom. The smallest absolute Gasteiger partial charge is 0.343 e. The molecule has 1 aromatic heterocycles. The van der Waals surface area contributed by atoms with Crippen LogP contribution in [0.25, 0.3) is 0 Å². The molecule has 0 radical (unpaired) electrons. The number of anilines is 1. The highest BCUT2D eigenvalue weighted by Gasteiger charge is 2.17. The first-order chi connectivity index (χ1) is 9.60. The fraction of sp³-hybridized carbons (Fsp3) is 0.385. The first-order valence-corrected chi connectivity index (χ1v) is 6.45. The lowest BCUT2D eigenvalue weighted by atomic mass is 10.4. The Bertz CT molecular complexity index is 618. The lowest BCUT2D eigenvalue weighted by Crippen LogP contribution is -2.66. The van der Waals surface area contributed by atoms with Crippen molar-refractivity contribution in [1.82, 2.24) is 9.36 Å². The average Bonchev–Trinajstić information content (AvgIpc) is 2.69. The molecule has 1 heterocycles. The summed E-state index contributed by atoms with van der Waals surface area (Å²) in [6.45, 7) is 8.51. The summed E-state index contributed by atoms with van der Waals surface area (Å²) in [5.41, 5.74) is 5.87. The maximum atomic E-state index is 12.2. The average molecular weight is 277 g/mol. The number of hydrogen-bond donors (Lipinski definition) is 2. The van der Waals surface area contributed by atoms with Crippen LogP contribution >= 0.6 is 0 Å². The minimum absolute atomic E-state index is 0.161. The van der Waals surface area contributed by atoms with Gasteiger partial charge in [-0.3, -0.25) is 14.5 Å². The molecule has 0 spiro atoms. The number of amidine groups is 1. The van der Waals surface area contributed by atoms with E-state index in [1.807, 2.05) is 13.8 Å². The van der Waals surface area contributed by atoms with Crippen molar-refractivity contribution in [3.8, 4) is 0 Å². The molecule has 0 aromatic carbocycles. The van der Waals surface area contributed by atoms with Crippen molar-refractivity contribution in [3.05, 3.63) is 35.2 Å². The van der Waals surface area contributed by atoms with Crippen LogP contribution in [0.3, 0.4) is 0 Å². The molecule has 0 saturated carbocycles. The first-order valence-electron chi connectivity index (χ1n) is 6.45. The number of nitrogens with one attached hydrogen (secondary N) is 1. The normalized spacial score (nSPS) is 12.7. The summed E-state index contributed by atoms with van der Waals surface area (Å²) in [5, 5.41) is 7.95. The summed E-state index contributed by atoms with van der Waals surface area (Å²) in [6.07, 6.45) is 5.04. The van der Waals surface area contributed by atoms with Crippen LogP contribution in [0.15, 0.2) is 39.8 Å². The van der Waals surface area contributed by atoms with Gasteiger partial charge in [-0.15, -0.1) is 0 Å². The molecular formula is C13H21N6O+. The molecule has 0 atom stereocenters. The number of nitrogens with two attached hydrogens (primary N) is 1. The van der Waals surface area contributed by atoms with Gasteiger partial charge < -0.3 is 5.73 Å². The summed E-state index contributed by atoms with van der Waals surface area (Å²) < 4.78 is 3.23. The van der Waals surface area contributed by atoms with Gasteiger partial charge in [-0.2, -0.15) is 0 Å². The maximum absolute atomic E-state index is 12.2. The van der Waals surface area contributed by atoms with Crippen LogP contribution in [-0.4, -0.2) is 22.2 Å². The van der Waals surface area contributed by atoms with Crippen molar-refractivity contribution >= 4 is 17.3 Å². The lowest BCUT2D eigenvalue weighted by Gasteiger charge is -2.07. The fourth-order valence-corrected chi connectivity index (χ4v) is 1.77. The Morgan fingerprint density at radius 2 is 2.05 bits per heavy atom. The van der Waals surface area contributed by atoms with Gasteiger partial charge in [0, 0.05) is 19.2 Å². The molecule has 0 bridgehead atoms.